The van der Waals surface area contributed by atoms with Gasteiger partial charge in [-0.25, -0.2) is 0 Å². The number of benzene rings is 2. The van der Waals surface area contributed by atoms with Gasteiger partial charge in [-0.2, -0.15) is 4.68 Å². The second kappa shape index (κ2) is 7.46. The fourth-order valence-electron chi connectivity index (χ4n) is 2.70. The number of carbonyl (C=O) groups is 1. The first kappa shape index (κ1) is 17.0. The van der Waals surface area contributed by atoms with Crippen LogP contribution in [-0.4, -0.2) is 32.4 Å². The van der Waals surface area contributed by atoms with Gasteiger partial charge in [-0.05, 0) is 46.5 Å². The number of furan rings is 1. The molecule has 0 aliphatic carbocycles. The molecule has 2 aromatic carbocycles. The molecule has 1 amide bonds. The van der Waals surface area contributed by atoms with Crippen LogP contribution in [0.4, 0.5) is 5.69 Å². The summed E-state index contributed by atoms with van der Waals surface area (Å²) in [5, 5.41) is 15.2. The highest BCUT2D eigenvalue weighted by atomic mass is 32.2. The number of nitrogens with zero attached hydrogens (tertiary/aromatic N) is 4. The summed E-state index contributed by atoms with van der Waals surface area (Å²) >= 11 is 1.44. The lowest BCUT2D eigenvalue weighted by Crippen LogP contribution is -2.12. The summed E-state index contributed by atoms with van der Waals surface area (Å²) < 4.78 is 7.05. The summed E-state index contributed by atoms with van der Waals surface area (Å²) in [6, 6.07) is 18.7. The molecule has 7 nitrogen and oxygen atoms in total. The number of nitrogens with one attached hydrogen (secondary N) is 1. The Kier molecular flexibility index (Phi) is 4.71. The molecule has 0 unspecified atom stereocenters. The van der Waals surface area contributed by atoms with Gasteiger partial charge in [0.15, 0.2) is 5.76 Å². The molecule has 0 aliphatic heterocycles. The van der Waals surface area contributed by atoms with Gasteiger partial charge in [-0.15, -0.1) is 5.10 Å². The van der Waals surface area contributed by atoms with Crippen LogP contribution >= 0.6 is 11.8 Å². The van der Waals surface area contributed by atoms with Crippen LogP contribution in [0.15, 0.2) is 76.5 Å². The van der Waals surface area contributed by atoms with Gasteiger partial charge >= 0.3 is 0 Å². The molecule has 0 radical (unpaired) electrons. The minimum atomic E-state index is -0.321. The van der Waals surface area contributed by atoms with Crippen molar-refractivity contribution in [1.29, 1.82) is 0 Å². The van der Waals surface area contributed by atoms with Crippen molar-refractivity contribution < 1.29 is 9.21 Å². The quantitative estimate of drug-likeness (QED) is 0.531. The third-order valence-electron chi connectivity index (χ3n) is 3.93. The Morgan fingerprint density at radius 2 is 1.96 bits per heavy atom. The second-order valence-electron chi connectivity index (χ2n) is 5.61. The van der Waals surface area contributed by atoms with E-state index in [0.717, 1.165) is 16.8 Å². The summed E-state index contributed by atoms with van der Waals surface area (Å²) in [4.78, 5) is 12.7. The second-order valence-corrected chi connectivity index (χ2v) is 6.38. The first-order valence-electron chi connectivity index (χ1n) is 8.13. The molecule has 2 heterocycles. The largest absolute Gasteiger partial charge is 0.459 e. The molecule has 0 saturated carbocycles. The van der Waals surface area contributed by atoms with Gasteiger partial charge in [0.2, 0.25) is 5.16 Å². The topological polar surface area (TPSA) is 85.8 Å². The molecule has 0 spiro atoms. The zero-order chi connectivity index (χ0) is 18.6. The molecular weight excluding hydrogens is 362 g/mol. The lowest BCUT2D eigenvalue weighted by atomic mass is 10.1. The third-order valence-corrected chi connectivity index (χ3v) is 4.55. The number of aromatic nitrogens is 4. The van der Waals surface area contributed by atoms with Gasteiger partial charge in [-0.1, -0.05) is 48.2 Å². The van der Waals surface area contributed by atoms with Gasteiger partial charge in [0.1, 0.15) is 0 Å². The maximum atomic E-state index is 12.7. The molecule has 134 valence electrons. The van der Waals surface area contributed by atoms with Gasteiger partial charge in [0.25, 0.3) is 5.91 Å². The molecule has 0 atom stereocenters. The minimum Gasteiger partial charge on any atom is -0.459 e. The van der Waals surface area contributed by atoms with Crippen molar-refractivity contribution in [2.75, 3.05) is 11.6 Å². The van der Waals surface area contributed by atoms with E-state index >= 15 is 0 Å². The van der Waals surface area contributed by atoms with Crippen LogP contribution in [-0.2, 0) is 0 Å². The van der Waals surface area contributed by atoms with Crippen LogP contribution in [0.3, 0.4) is 0 Å². The Balaban J connectivity index is 1.60. The van der Waals surface area contributed by atoms with E-state index in [1.54, 1.807) is 22.9 Å². The first-order chi connectivity index (χ1) is 13.3. The highest BCUT2D eigenvalue weighted by Crippen LogP contribution is 2.26. The van der Waals surface area contributed by atoms with Crippen molar-refractivity contribution in [3.8, 4) is 16.8 Å². The number of amides is 1. The van der Waals surface area contributed by atoms with Crippen LogP contribution in [0.1, 0.15) is 10.6 Å². The van der Waals surface area contributed by atoms with Crippen LogP contribution in [0.25, 0.3) is 16.8 Å². The van der Waals surface area contributed by atoms with Crippen molar-refractivity contribution in [2.24, 2.45) is 0 Å². The molecule has 4 rings (SSSR count). The Hall–Kier alpha value is -3.39. The zero-order valence-electron chi connectivity index (χ0n) is 14.4. The standard InChI is InChI=1S/C19H15N5O2S/c1-27-19-21-22-23-24(19)15-9-5-8-14(12-15)20-18(25)17-16(10-11-26-17)13-6-3-2-4-7-13/h2-12H,1H3,(H,20,25). The number of rotatable bonds is 5. The highest BCUT2D eigenvalue weighted by molar-refractivity contribution is 7.98. The fourth-order valence-corrected chi connectivity index (χ4v) is 3.13. The van der Waals surface area contributed by atoms with Crippen molar-refractivity contribution in [2.45, 2.75) is 5.16 Å². The Morgan fingerprint density at radius 1 is 1.11 bits per heavy atom. The Bertz CT molecular complexity index is 1070. The smallest absolute Gasteiger partial charge is 0.292 e. The number of carbonyl (C=O) groups excluding carboxylic acids is 1. The normalized spacial score (nSPS) is 10.7. The average Bonchev–Trinajstić information content (AvgIpc) is 3.38. The molecule has 4 aromatic rings. The van der Waals surface area contributed by atoms with Crippen LogP contribution in [0.5, 0.6) is 0 Å². The van der Waals surface area contributed by atoms with E-state index in [1.165, 1.54) is 18.0 Å². The highest BCUT2D eigenvalue weighted by Gasteiger charge is 2.17. The summed E-state index contributed by atoms with van der Waals surface area (Å²) in [6.45, 7) is 0. The molecule has 0 aliphatic rings. The van der Waals surface area contributed by atoms with Gasteiger partial charge in [0, 0.05) is 11.3 Å². The predicted molar refractivity (Wildman–Crippen MR) is 103 cm³/mol. The van der Waals surface area contributed by atoms with E-state index in [0.29, 0.717) is 10.8 Å². The van der Waals surface area contributed by atoms with E-state index in [1.807, 2.05) is 48.7 Å². The van der Waals surface area contributed by atoms with Gasteiger partial charge < -0.3 is 9.73 Å². The van der Waals surface area contributed by atoms with Gasteiger partial charge in [-0.3, -0.25) is 4.79 Å². The molecule has 0 saturated heterocycles. The van der Waals surface area contributed by atoms with Crippen LogP contribution < -0.4 is 5.32 Å². The van der Waals surface area contributed by atoms with Crippen molar-refractivity contribution in [3.63, 3.8) is 0 Å². The summed E-state index contributed by atoms with van der Waals surface area (Å²) in [6.07, 6.45) is 3.41. The SMILES string of the molecule is CSc1nnnn1-c1cccc(NC(=O)c2occc2-c2ccccc2)c1. The summed E-state index contributed by atoms with van der Waals surface area (Å²) in [7, 11) is 0. The third kappa shape index (κ3) is 3.47. The van der Waals surface area contributed by atoms with E-state index in [-0.39, 0.29) is 11.7 Å². The number of hydrogen-bond donors (Lipinski definition) is 1. The lowest BCUT2D eigenvalue weighted by molar-refractivity contribution is 0.0997. The number of hydrogen-bond acceptors (Lipinski definition) is 6. The average molecular weight is 377 g/mol. The fraction of sp³-hybridized carbons (Fsp3) is 0.0526. The maximum absolute atomic E-state index is 12.7. The van der Waals surface area contributed by atoms with E-state index < -0.39 is 0 Å². The zero-order valence-corrected chi connectivity index (χ0v) is 15.2. The van der Waals surface area contributed by atoms with Crippen LogP contribution in [0.2, 0.25) is 0 Å². The number of thioether (sulfide) groups is 1. The van der Waals surface area contributed by atoms with E-state index in [2.05, 4.69) is 20.8 Å². The Labute approximate surface area is 159 Å². The molecule has 8 heteroatoms. The molecule has 0 bridgehead atoms. The Morgan fingerprint density at radius 3 is 2.78 bits per heavy atom. The molecule has 2 aromatic heterocycles. The minimum absolute atomic E-state index is 0.263. The molecular formula is C19H15N5O2S. The molecule has 1 N–H and O–H groups in total. The number of tetrazole rings is 1. The molecule has 27 heavy (non-hydrogen) atoms. The van der Waals surface area contributed by atoms with Gasteiger partial charge in [0.05, 0.1) is 12.0 Å². The van der Waals surface area contributed by atoms with Crippen molar-refractivity contribution in [3.05, 3.63) is 72.7 Å². The van der Waals surface area contributed by atoms with Crippen molar-refractivity contribution >= 4 is 23.4 Å². The van der Waals surface area contributed by atoms with Crippen molar-refractivity contribution in [1.82, 2.24) is 20.2 Å². The van der Waals surface area contributed by atoms with Crippen LogP contribution in [0, 0.1) is 0 Å². The summed E-state index contributed by atoms with van der Waals surface area (Å²) in [5.74, 6) is -0.0587. The lowest BCUT2D eigenvalue weighted by Gasteiger charge is -2.08. The monoisotopic (exact) mass is 377 g/mol. The van der Waals surface area contributed by atoms with E-state index in [9.17, 15) is 4.79 Å². The van der Waals surface area contributed by atoms with E-state index in [4.69, 9.17) is 4.42 Å². The molecule has 0 fully saturated rings. The number of anilines is 1. The predicted octanol–water partition coefficient (Wildman–Crippen LogP) is 3.90. The summed E-state index contributed by atoms with van der Waals surface area (Å²) in [5.41, 5.74) is 3.04. The maximum Gasteiger partial charge on any atom is 0.292 e. The first-order valence-corrected chi connectivity index (χ1v) is 9.36.